The monoisotopic (exact) mass is 321 g/mol. The van der Waals surface area contributed by atoms with Crippen molar-refractivity contribution in [2.75, 3.05) is 32.2 Å². The SMILES string of the molecule is COCC(Br)CN(C)c1nc(C(C)(C)C)ns1. The van der Waals surface area contributed by atoms with E-state index in [0.717, 1.165) is 17.5 Å². The lowest BCUT2D eigenvalue weighted by atomic mass is 9.96. The van der Waals surface area contributed by atoms with E-state index in [0.29, 0.717) is 11.4 Å². The van der Waals surface area contributed by atoms with Gasteiger partial charge in [0.05, 0.1) is 11.4 Å². The maximum absolute atomic E-state index is 5.09. The van der Waals surface area contributed by atoms with Crippen molar-refractivity contribution in [2.24, 2.45) is 0 Å². The van der Waals surface area contributed by atoms with Gasteiger partial charge in [0.25, 0.3) is 0 Å². The average molecular weight is 322 g/mol. The third kappa shape index (κ3) is 4.52. The van der Waals surface area contributed by atoms with Crippen LogP contribution in [0.3, 0.4) is 0 Å². The minimum Gasteiger partial charge on any atom is -0.383 e. The number of rotatable bonds is 5. The van der Waals surface area contributed by atoms with Crippen LogP contribution < -0.4 is 4.90 Å². The number of alkyl halides is 1. The molecule has 17 heavy (non-hydrogen) atoms. The number of ether oxygens (including phenoxy) is 1. The molecule has 4 nitrogen and oxygen atoms in total. The summed E-state index contributed by atoms with van der Waals surface area (Å²) in [5.74, 6) is 0.905. The first-order valence-electron chi connectivity index (χ1n) is 5.53. The Balaban J connectivity index is 2.64. The molecule has 6 heteroatoms. The van der Waals surface area contributed by atoms with Crippen LogP contribution in [0.1, 0.15) is 26.6 Å². The van der Waals surface area contributed by atoms with E-state index in [9.17, 15) is 0 Å². The molecule has 98 valence electrons. The molecule has 0 aromatic carbocycles. The van der Waals surface area contributed by atoms with Crippen LogP contribution >= 0.6 is 27.5 Å². The minimum absolute atomic E-state index is 0.00984. The fraction of sp³-hybridized carbons (Fsp3) is 0.818. The van der Waals surface area contributed by atoms with Crippen LogP contribution in [0, 0.1) is 0 Å². The van der Waals surface area contributed by atoms with Gasteiger partial charge in [0.2, 0.25) is 5.13 Å². The summed E-state index contributed by atoms with van der Waals surface area (Å²) in [4.78, 5) is 6.97. The van der Waals surface area contributed by atoms with Gasteiger partial charge in [0.1, 0.15) is 5.82 Å². The summed E-state index contributed by atoms with van der Waals surface area (Å²) in [5, 5.41) is 0.954. The number of halogens is 1. The molecule has 0 fully saturated rings. The Labute approximate surface area is 116 Å². The lowest BCUT2D eigenvalue weighted by molar-refractivity contribution is 0.202. The second-order valence-electron chi connectivity index (χ2n) is 5.08. The summed E-state index contributed by atoms with van der Waals surface area (Å²) in [6.45, 7) is 7.91. The molecule has 1 aromatic rings. The second-order valence-corrected chi connectivity index (χ2v) is 7.11. The number of hydrogen-bond donors (Lipinski definition) is 0. The normalized spacial score (nSPS) is 13.8. The van der Waals surface area contributed by atoms with Crippen LogP contribution in [0.15, 0.2) is 0 Å². The lowest BCUT2D eigenvalue weighted by Gasteiger charge is -2.19. The molecule has 0 aliphatic carbocycles. The fourth-order valence-corrected chi connectivity index (χ4v) is 2.81. The van der Waals surface area contributed by atoms with Gasteiger partial charge >= 0.3 is 0 Å². The van der Waals surface area contributed by atoms with Crippen molar-refractivity contribution in [2.45, 2.75) is 31.0 Å². The van der Waals surface area contributed by atoms with Crippen LogP contribution in [0.5, 0.6) is 0 Å². The largest absolute Gasteiger partial charge is 0.383 e. The maximum Gasteiger partial charge on any atom is 0.204 e. The predicted octanol–water partition coefficient (Wildman–Crippen LogP) is 2.68. The van der Waals surface area contributed by atoms with Crippen LogP contribution in [0.2, 0.25) is 0 Å². The summed E-state index contributed by atoms with van der Waals surface area (Å²) in [5.41, 5.74) is 0.00984. The molecule has 0 aliphatic heterocycles. The molecule has 0 N–H and O–H groups in total. The summed E-state index contributed by atoms with van der Waals surface area (Å²) in [7, 11) is 3.73. The van der Waals surface area contributed by atoms with E-state index in [1.54, 1.807) is 7.11 Å². The van der Waals surface area contributed by atoms with Crippen molar-refractivity contribution in [3.05, 3.63) is 5.82 Å². The molecule has 1 heterocycles. The van der Waals surface area contributed by atoms with Gasteiger partial charge in [-0.1, -0.05) is 36.7 Å². The van der Waals surface area contributed by atoms with Gasteiger partial charge in [0.15, 0.2) is 0 Å². The molecule has 0 spiro atoms. The second kappa shape index (κ2) is 6.11. The Hall–Kier alpha value is -0.200. The Kier molecular flexibility index (Phi) is 5.34. The Morgan fingerprint density at radius 2 is 2.12 bits per heavy atom. The molecule has 1 aromatic heterocycles. The van der Waals surface area contributed by atoms with Gasteiger partial charge in [-0.25, -0.2) is 4.98 Å². The van der Waals surface area contributed by atoms with Crippen molar-refractivity contribution < 1.29 is 4.74 Å². The first kappa shape index (κ1) is 14.9. The van der Waals surface area contributed by atoms with E-state index < -0.39 is 0 Å². The number of methoxy groups -OCH3 is 1. The Morgan fingerprint density at radius 1 is 1.47 bits per heavy atom. The average Bonchev–Trinajstić information content (AvgIpc) is 2.65. The summed E-state index contributed by atoms with van der Waals surface area (Å²) in [6.07, 6.45) is 0. The molecule has 0 aliphatic rings. The molecule has 1 atom stereocenters. The molecular formula is C11H20BrN3OS. The molecule has 0 saturated heterocycles. The highest BCUT2D eigenvalue weighted by Crippen LogP contribution is 2.25. The summed E-state index contributed by atoms with van der Waals surface area (Å²) >= 11 is 5.02. The van der Waals surface area contributed by atoms with Gasteiger partial charge in [-0.2, -0.15) is 4.37 Å². The molecule has 0 amide bonds. The molecular weight excluding hydrogens is 302 g/mol. The van der Waals surface area contributed by atoms with E-state index in [1.807, 2.05) is 7.05 Å². The zero-order valence-corrected chi connectivity index (χ0v) is 13.4. The van der Waals surface area contributed by atoms with E-state index >= 15 is 0 Å². The van der Waals surface area contributed by atoms with E-state index in [-0.39, 0.29) is 5.41 Å². The predicted molar refractivity (Wildman–Crippen MR) is 76.5 cm³/mol. The fourth-order valence-electron chi connectivity index (χ4n) is 1.28. The zero-order valence-electron chi connectivity index (χ0n) is 11.0. The molecule has 0 saturated carbocycles. The first-order chi connectivity index (χ1) is 7.84. The lowest BCUT2D eigenvalue weighted by Crippen LogP contribution is -2.28. The van der Waals surface area contributed by atoms with Crippen LogP contribution in [-0.2, 0) is 10.2 Å². The van der Waals surface area contributed by atoms with Crippen LogP contribution in [0.25, 0.3) is 0 Å². The highest BCUT2D eigenvalue weighted by Gasteiger charge is 2.21. The van der Waals surface area contributed by atoms with Gasteiger partial charge in [-0.3, -0.25) is 0 Å². The number of nitrogens with zero attached hydrogens (tertiary/aromatic N) is 3. The van der Waals surface area contributed by atoms with Crippen molar-refractivity contribution in [3.63, 3.8) is 0 Å². The number of hydrogen-bond acceptors (Lipinski definition) is 5. The minimum atomic E-state index is 0.00984. The van der Waals surface area contributed by atoms with Crippen molar-refractivity contribution in [3.8, 4) is 0 Å². The smallest absolute Gasteiger partial charge is 0.204 e. The van der Waals surface area contributed by atoms with Crippen molar-refractivity contribution in [1.82, 2.24) is 9.36 Å². The zero-order chi connectivity index (χ0) is 13.1. The number of anilines is 1. The highest BCUT2D eigenvalue weighted by molar-refractivity contribution is 9.09. The van der Waals surface area contributed by atoms with Gasteiger partial charge < -0.3 is 9.64 Å². The summed E-state index contributed by atoms with van der Waals surface area (Å²) < 4.78 is 9.50. The van der Waals surface area contributed by atoms with Crippen molar-refractivity contribution >= 4 is 32.6 Å². The third-order valence-electron chi connectivity index (χ3n) is 2.23. The van der Waals surface area contributed by atoms with Gasteiger partial charge in [-0.05, 0) is 0 Å². The van der Waals surface area contributed by atoms with Gasteiger partial charge in [-0.15, -0.1) is 0 Å². The van der Waals surface area contributed by atoms with Crippen LogP contribution in [0.4, 0.5) is 5.13 Å². The topological polar surface area (TPSA) is 38.2 Å². The molecule has 0 radical (unpaired) electrons. The maximum atomic E-state index is 5.09. The van der Waals surface area contributed by atoms with E-state index in [1.165, 1.54) is 11.5 Å². The highest BCUT2D eigenvalue weighted by atomic mass is 79.9. The number of aromatic nitrogens is 2. The summed E-state index contributed by atoms with van der Waals surface area (Å²) in [6, 6.07) is 0. The van der Waals surface area contributed by atoms with E-state index in [4.69, 9.17) is 4.74 Å². The van der Waals surface area contributed by atoms with Crippen molar-refractivity contribution in [1.29, 1.82) is 0 Å². The molecule has 0 bridgehead atoms. The molecule has 1 rings (SSSR count). The standard InChI is InChI=1S/C11H20BrN3OS/c1-11(2,3)9-13-10(17-14-9)15(4)6-8(12)7-16-5/h8H,6-7H2,1-5H3. The quantitative estimate of drug-likeness (QED) is 0.781. The van der Waals surface area contributed by atoms with Crippen LogP contribution in [-0.4, -0.2) is 41.5 Å². The van der Waals surface area contributed by atoms with E-state index in [2.05, 4.69) is 51.0 Å². The Morgan fingerprint density at radius 3 is 2.59 bits per heavy atom. The first-order valence-corrected chi connectivity index (χ1v) is 7.22. The third-order valence-corrected chi connectivity index (χ3v) is 3.62. The Bertz CT molecular complexity index is 351. The molecule has 1 unspecified atom stereocenters. The van der Waals surface area contributed by atoms with Gasteiger partial charge in [0, 0.05) is 37.6 Å².